The van der Waals surface area contributed by atoms with Crippen LogP contribution in [0.1, 0.15) is 42.8 Å². The fraction of sp³-hybridized carbons (Fsp3) is 0.333. The van der Waals surface area contributed by atoms with E-state index < -0.39 is 6.10 Å². The maximum atomic E-state index is 11.7. The molecule has 0 radical (unpaired) electrons. The number of nitrogens with zero attached hydrogens (tertiary/aromatic N) is 2. The number of benzene rings is 2. The molecule has 3 N–H and O–H groups in total. The van der Waals surface area contributed by atoms with Gasteiger partial charge in [0, 0.05) is 6.04 Å². The summed E-state index contributed by atoms with van der Waals surface area (Å²) in [7, 11) is 0. The van der Waals surface area contributed by atoms with Gasteiger partial charge >= 0.3 is 6.03 Å². The highest BCUT2D eigenvalue weighted by atomic mass is 16.3. The van der Waals surface area contributed by atoms with Crippen LogP contribution in [0.4, 0.5) is 4.79 Å². The lowest BCUT2D eigenvalue weighted by Crippen LogP contribution is -2.40. The standard InChI is InChI=1S/C21H22N4O2/c26-19(13-6-2-1-3-7-13)20-22-16-8-4-5-9-18(16)25(20)14-10-11-15-17(12-14)24-21(27)23-15/h1-9,14-15,17,19,26H,10-12H2,(H2,23,24,27). The number of rotatable bonds is 3. The van der Waals surface area contributed by atoms with Crippen LogP contribution >= 0.6 is 0 Å². The lowest BCUT2D eigenvalue weighted by molar-refractivity contribution is 0.193. The summed E-state index contributed by atoms with van der Waals surface area (Å²) in [6.07, 6.45) is 1.91. The number of hydrogen-bond donors (Lipinski definition) is 3. The van der Waals surface area contributed by atoms with E-state index >= 15 is 0 Å². The SMILES string of the molecule is O=C1NC2CCC(n3c(C(O)c4ccccc4)nc4ccccc43)CC2N1. The van der Waals surface area contributed by atoms with Gasteiger partial charge < -0.3 is 20.3 Å². The van der Waals surface area contributed by atoms with Crippen molar-refractivity contribution in [3.8, 4) is 0 Å². The van der Waals surface area contributed by atoms with Crippen molar-refractivity contribution in [1.29, 1.82) is 0 Å². The predicted molar refractivity (Wildman–Crippen MR) is 102 cm³/mol. The smallest absolute Gasteiger partial charge is 0.315 e. The molecule has 2 fully saturated rings. The van der Waals surface area contributed by atoms with Crippen LogP contribution in [-0.2, 0) is 0 Å². The van der Waals surface area contributed by atoms with E-state index in [1.165, 1.54) is 0 Å². The number of aliphatic hydroxyl groups excluding tert-OH is 1. The molecule has 27 heavy (non-hydrogen) atoms. The Hall–Kier alpha value is -2.86. The van der Waals surface area contributed by atoms with Crippen LogP contribution in [0.5, 0.6) is 0 Å². The zero-order chi connectivity index (χ0) is 18.4. The Morgan fingerprint density at radius 1 is 1.00 bits per heavy atom. The van der Waals surface area contributed by atoms with Crippen molar-refractivity contribution in [1.82, 2.24) is 20.2 Å². The first kappa shape index (κ1) is 16.3. The molecule has 1 aromatic heterocycles. The third-order valence-corrected chi connectivity index (χ3v) is 5.80. The quantitative estimate of drug-likeness (QED) is 0.670. The van der Waals surface area contributed by atoms with Crippen molar-refractivity contribution in [3.05, 3.63) is 66.0 Å². The summed E-state index contributed by atoms with van der Waals surface area (Å²) < 4.78 is 2.19. The molecule has 3 aromatic rings. The highest BCUT2D eigenvalue weighted by Crippen LogP contribution is 2.36. The second-order valence-electron chi connectivity index (χ2n) is 7.44. The first-order valence-electron chi connectivity index (χ1n) is 9.47. The molecule has 4 atom stereocenters. The van der Waals surface area contributed by atoms with Gasteiger partial charge in [0.2, 0.25) is 0 Å². The number of imidazole rings is 1. The van der Waals surface area contributed by atoms with Crippen LogP contribution in [0.2, 0.25) is 0 Å². The number of amides is 2. The number of carbonyl (C=O) groups is 1. The van der Waals surface area contributed by atoms with Gasteiger partial charge in [-0.25, -0.2) is 9.78 Å². The van der Waals surface area contributed by atoms with Gasteiger partial charge in [0.1, 0.15) is 11.9 Å². The molecule has 0 spiro atoms. The molecule has 5 rings (SSSR count). The molecule has 2 heterocycles. The van der Waals surface area contributed by atoms with Crippen molar-refractivity contribution in [2.45, 2.75) is 43.5 Å². The Balaban J connectivity index is 1.57. The summed E-state index contributed by atoms with van der Waals surface area (Å²) in [5.41, 5.74) is 2.75. The number of fused-ring (bicyclic) bond motifs is 2. The number of urea groups is 1. The summed E-state index contributed by atoms with van der Waals surface area (Å²) >= 11 is 0. The topological polar surface area (TPSA) is 79.2 Å². The minimum atomic E-state index is -0.785. The molecule has 1 aliphatic carbocycles. The molecule has 2 amide bonds. The molecule has 6 heteroatoms. The number of aromatic nitrogens is 2. The molecule has 6 nitrogen and oxygen atoms in total. The van der Waals surface area contributed by atoms with Crippen LogP contribution in [0.15, 0.2) is 54.6 Å². The van der Waals surface area contributed by atoms with Gasteiger partial charge in [0.15, 0.2) is 0 Å². The maximum absolute atomic E-state index is 11.7. The molecule has 1 saturated heterocycles. The normalized spacial score (nSPS) is 25.7. The van der Waals surface area contributed by atoms with Crippen LogP contribution in [0.3, 0.4) is 0 Å². The van der Waals surface area contributed by atoms with Crippen molar-refractivity contribution < 1.29 is 9.90 Å². The molecular formula is C21H22N4O2. The first-order valence-corrected chi connectivity index (χ1v) is 9.47. The second kappa shape index (κ2) is 6.39. The summed E-state index contributed by atoms with van der Waals surface area (Å²) in [6.45, 7) is 0. The van der Waals surface area contributed by atoms with E-state index in [1.807, 2.05) is 48.5 Å². The van der Waals surface area contributed by atoms with E-state index in [0.717, 1.165) is 35.9 Å². The van der Waals surface area contributed by atoms with Gasteiger partial charge in [-0.05, 0) is 37.0 Å². The lowest BCUT2D eigenvalue weighted by atomic mass is 9.87. The maximum Gasteiger partial charge on any atom is 0.315 e. The number of carbonyl (C=O) groups excluding carboxylic acids is 1. The van der Waals surface area contributed by atoms with Gasteiger partial charge in [-0.2, -0.15) is 0 Å². The van der Waals surface area contributed by atoms with Gasteiger partial charge in [-0.1, -0.05) is 42.5 Å². The van der Waals surface area contributed by atoms with Crippen LogP contribution < -0.4 is 10.6 Å². The van der Waals surface area contributed by atoms with Crippen molar-refractivity contribution in [2.75, 3.05) is 0 Å². The van der Waals surface area contributed by atoms with Crippen LogP contribution in [-0.4, -0.2) is 32.8 Å². The van der Waals surface area contributed by atoms with E-state index in [9.17, 15) is 9.90 Å². The third kappa shape index (κ3) is 2.77. The summed E-state index contributed by atoms with van der Waals surface area (Å²) in [5.74, 6) is 0.670. The van der Waals surface area contributed by atoms with Crippen molar-refractivity contribution in [3.63, 3.8) is 0 Å². The highest BCUT2D eigenvalue weighted by Gasteiger charge is 2.39. The van der Waals surface area contributed by atoms with E-state index in [-0.39, 0.29) is 24.2 Å². The monoisotopic (exact) mass is 362 g/mol. The summed E-state index contributed by atoms with van der Waals surface area (Å²) in [6, 6.07) is 18.1. The van der Waals surface area contributed by atoms with Crippen molar-refractivity contribution in [2.24, 2.45) is 0 Å². The summed E-state index contributed by atoms with van der Waals surface area (Å²) in [4.78, 5) is 16.5. The summed E-state index contributed by atoms with van der Waals surface area (Å²) in [5, 5.41) is 17.1. The molecule has 2 aliphatic rings. The highest BCUT2D eigenvalue weighted by molar-refractivity contribution is 5.78. The fourth-order valence-electron chi connectivity index (χ4n) is 4.52. The van der Waals surface area contributed by atoms with Gasteiger partial charge in [0.25, 0.3) is 0 Å². The molecule has 2 aromatic carbocycles. The van der Waals surface area contributed by atoms with E-state index in [1.54, 1.807) is 0 Å². The molecule has 1 aliphatic heterocycles. The Morgan fingerprint density at radius 3 is 2.59 bits per heavy atom. The van der Waals surface area contributed by atoms with Crippen LogP contribution in [0.25, 0.3) is 11.0 Å². The Labute approximate surface area is 157 Å². The zero-order valence-corrected chi connectivity index (χ0v) is 14.9. The number of hydrogen-bond acceptors (Lipinski definition) is 3. The Bertz CT molecular complexity index is 984. The Morgan fingerprint density at radius 2 is 1.74 bits per heavy atom. The second-order valence-corrected chi connectivity index (χ2v) is 7.44. The zero-order valence-electron chi connectivity index (χ0n) is 14.9. The molecule has 1 saturated carbocycles. The molecular weight excluding hydrogens is 340 g/mol. The Kier molecular flexibility index (Phi) is 3.86. The van der Waals surface area contributed by atoms with E-state index in [2.05, 4.69) is 21.3 Å². The third-order valence-electron chi connectivity index (χ3n) is 5.80. The number of para-hydroxylation sites is 2. The largest absolute Gasteiger partial charge is 0.380 e. The first-order chi connectivity index (χ1) is 13.2. The molecule has 4 unspecified atom stereocenters. The fourth-order valence-corrected chi connectivity index (χ4v) is 4.52. The van der Waals surface area contributed by atoms with Gasteiger partial charge in [-0.3, -0.25) is 0 Å². The lowest BCUT2D eigenvalue weighted by Gasteiger charge is -2.33. The minimum Gasteiger partial charge on any atom is -0.380 e. The van der Waals surface area contributed by atoms with Crippen LogP contribution in [0, 0.1) is 0 Å². The molecule has 138 valence electrons. The average molecular weight is 362 g/mol. The predicted octanol–water partition coefficient (Wildman–Crippen LogP) is 2.89. The van der Waals surface area contributed by atoms with Gasteiger partial charge in [0.05, 0.1) is 23.1 Å². The number of nitrogens with one attached hydrogen (secondary N) is 2. The number of aliphatic hydroxyl groups is 1. The average Bonchev–Trinajstić information content (AvgIpc) is 3.27. The van der Waals surface area contributed by atoms with Crippen molar-refractivity contribution >= 4 is 17.1 Å². The molecule has 0 bridgehead atoms. The minimum absolute atomic E-state index is 0.0781. The van der Waals surface area contributed by atoms with E-state index in [0.29, 0.717) is 5.82 Å². The van der Waals surface area contributed by atoms with Gasteiger partial charge in [-0.15, -0.1) is 0 Å². The van der Waals surface area contributed by atoms with E-state index in [4.69, 9.17) is 4.98 Å².